The third kappa shape index (κ3) is 3.38. The summed E-state index contributed by atoms with van der Waals surface area (Å²) in [5.74, 6) is -0.190. The molecular weight excluding hydrogens is 346 g/mol. The van der Waals surface area contributed by atoms with Crippen LogP contribution in [-0.2, 0) is 10.0 Å². The first kappa shape index (κ1) is 17.1. The summed E-state index contributed by atoms with van der Waals surface area (Å²) in [5, 5.41) is 0.446. The highest BCUT2D eigenvalue weighted by Crippen LogP contribution is 2.28. The lowest BCUT2D eigenvalue weighted by Gasteiger charge is -2.30. The van der Waals surface area contributed by atoms with Crippen LogP contribution in [0.4, 0.5) is 0 Å². The molecule has 1 saturated heterocycles. The van der Waals surface area contributed by atoms with Crippen LogP contribution in [0.25, 0.3) is 0 Å². The van der Waals surface area contributed by atoms with E-state index in [0.29, 0.717) is 41.4 Å². The highest BCUT2D eigenvalue weighted by molar-refractivity contribution is 7.89. The van der Waals surface area contributed by atoms with Crippen molar-refractivity contribution in [2.45, 2.75) is 17.7 Å². The van der Waals surface area contributed by atoms with E-state index in [9.17, 15) is 13.2 Å². The molecule has 2 aromatic rings. The van der Waals surface area contributed by atoms with Crippen molar-refractivity contribution in [1.82, 2.24) is 4.31 Å². The second-order valence-electron chi connectivity index (χ2n) is 5.84. The Kier molecular flexibility index (Phi) is 5.04. The van der Waals surface area contributed by atoms with Gasteiger partial charge in [0, 0.05) is 24.6 Å². The first-order chi connectivity index (χ1) is 11.5. The minimum atomic E-state index is -3.49. The van der Waals surface area contributed by atoms with Crippen LogP contribution in [0.5, 0.6) is 0 Å². The fourth-order valence-corrected chi connectivity index (χ4v) is 4.70. The largest absolute Gasteiger partial charge is 0.294 e. The predicted molar refractivity (Wildman–Crippen MR) is 93.7 cm³/mol. The maximum atomic E-state index is 12.6. The van der Waals surface area contributed by atoms with Crippen LogP contribution in [0.3, 0.4) is 0 Å². The standard InChI is InChI=1S/C18H18ClNO3S/c19-17-9-5-4-8-16(17)18(21)14-10-12-20(13-11-14)24(22,23)15-6-2-1-3-7-15/h1-9,14H,10-13H2. The molecule has 24 heavy (non-hydrogen) atoms. The van der Waals surface area contributed by atoms with E-state index >= 15 is 0 Å². The number of Topliss-reactive ketones (excluding diaryl/α,β-unsaturated/α-hetero) is 1. The zero-order valence-corrected chi connectivity index (χ0v) is 14.6. The van der Waals surface area contributed by atoms with Gasteiger partial charge in [0.25, 0.3) is 0 Å². The molecule has 126 valence electrons. The number of halogens is 1. The minimum absolute atomic E-state index is 0.00245. The average molecular weight is 364 g/mol. The molecule has 0 N–H and O–H groups in total. The summed E-state index contributed by atoms with van der Waals surface area (Å²) in [7, 11) is -3.49. The van der Waals surface area contributed by atoms with Crippen LogP contribution in [0.15, 0.2) is 59.5 Å². The quantitative estimate of drug-likeness (QED) is 0.779. The van der Waals surface area contributed by atoms with Gasteiger partial charge in [-0.15, -0.1) is 0 Å². The van der Waals surface area contributed by atoms with E-state index < -0.39 is 10.0 Å². The number of hydrogen-bond donors (Lipinski definition) is 0. The van der Waals surface area contributed by atoms with Crippen LogP contribution >= 0.6 is 11.6 Å². The van der Waals surface area contributed by atoms with E-state index in [1.807, 2.05) is 0 Å². The number of rotatable bonds is 4. The van der Waals surface area contributed by atoms with Crippen molar-refractivity contribution < 1.29 is 13.2 Å². The lowest BCUT2D eigenvalue weighted by molar-refractivity contribution is 0.0875. The molecule has 0 aromatic heterocycles. The molecule has 0 saturated carbocycles. The SMILES string of the molecule is O=C(c1ccccc1Cl)C1CCN(S(=O)(=O)c2ccccc2)CC1. The van der Waals surface area contributed by atoms with Gasteiger partial charge in [-0.2, -0.15) is 4.31 Å². The van der Waals surface area contributed by atoms with Gasteiger partial charge >= 0.3 is 0 Å². The van der Waals surface area contributed by atoms with E-state index in [2.05, 4.69) is 0 Å². The fraction of sp³-hybridized carbons (Fsp3) is 0.278. The van der Waals surface area contributed by atoms with Gasteiger partial charge in [-0.3, -0.25) is 4.79 Å². The first-order valence-electron chi connectivity index (χ1n) is 7.84. The number of benzene rings is 2. The van der Waals surface area contributed by atoms with Gasteiger partial charge in [0.2, 0.25) is 10.0 Å². The van der Waals surface area contributed by atoms with Gasteiger partial charge in [-0.05, 0) is 37.1 Å². The van der Waals surface area contributed by atoms with E-state index in [-0.39, 0.29) is 11.7 Å². The van der Waals surface area contributed by atoms with Crippen LogP contribution in [0.1, 0.15) is 23.2 Å². The summed E-state index contributed by atoms with van der Waals surface area (Å²) < 4.78 is 26.7. The van der Waals surface area contributed by atoms with E-state index in [1.165, 1.54) is 4.31 Å². The van der Waals surface area contributed by atoms with Crippen LogP contribution in [-0.4, -0.2) is 31.6 Å². The van der Waals surface area contributed by atoms with E-state index in [4.69, 9.17) is 11.6 Å². The number of carbonyl (C=O) groups excluding carboxylic acids is 1. The van der Waals surface area contributed by atoms with Gasteiger partial charge in [-0.25, -0.2) is 8.42 Å². The lowest BCUT2D eigenvalue weighted by Crippen LogP contribution is -2.40. The Morgan fingerprint density at radius 3 is 2.17 bits per heavy atom. The number of ketones is 1. The molecular formula is C18H18ClNO3S. The number of nitrogens with zero attached hydrogens (tertiary/aromatic N) is 1. The summed E-state index contributed by atoms with van der Waals surface area (Å²) in [6.07, 6.45) is 1.02. The molecule has 0 atom stereocenters. The Balaban J connectivity index is 1.70. The first-order valence-corrected chi connectivity index (χ1v) is 9.66. The van der Waals surface area contributed by atoms with Crippen molar-refractivity contribution in [2.75, 3.05) is 13.1 Å². The molecule has 1 fully saturated rings. The molecule has 0 radical (unpaired) electrons. The van der Waals surface area contributed by atoms with Crippen LogP contribution in [0, 0.1) is 5.92 Å². The van der Waals surface area contributed by atoms with Gasteiger partial charge in [0.05, 0.1) is 9.92 Å². The van der Waals surface area contributed by atoms with Crippen molar-refractivity contribution in [3.63, 3.8) is 0 Å². The third-order valence-corrected chi connectivity index (χ3v) is 6.59. The molecule has 1 aliphatic heterocycles. The normalized spacial score (nSPS) is 16.9. The Labute approximate surface area is 147 Å². The van der Waals surface area contributed by atoms with Gasteiger partial charge in [0.1, 0.15) is 0 Å². The fourth-order valence-electron chi connectivity index (χ4n) is 2.98. The zero-order chi connectivity index (χ0) is 17.2. The van der Waals surface area contributed by atoms with Crippen LogP contribution in [0.2, 0.25) is 5.02 Å². The molecule has 0 spiro atoms. The summed E-state index contributed by atoms with van der Waals surface area (Å²) in [4.78, 5) is 12.9. The molecule has 0 aliphatic carbocycles. The molecule has 2 aromatic carbocycles. The molecule has 1 heterocycles. The molecule has 0 bridgehead atoms. The van der Waals surface area contributed by atoms with Crippen LogP contribution < -0.4 is 0 Å². The summed E-state index contributed by atoms with van der Waals surface area (Å²) >= 11 is 6.09. The van der Waals surface area contributed by atoms with Gasteiger partial charge in [0.15, 0.2) is 5.78 Å². The maximum Gasteiger partial charge on any atom is 0.243 e. The average Bonchev–Trinajstić information content (AvgIpc) is 2.62. The molecule has 1 aliphatic rings. The monoisotopic (exact) mass is 363 g/mol. The Morgan fingerprint density at radius 1 is 0.958 bits per heavy atom. The predicted octanol–water partition coefficient (Wildman–Crippen LogP) is 3.62. The number of sulfonamides is 1. The van der Waals surface area contributed by atoms with Crippen molar-refractivity contribution in [3.8, 4) is 0 Å². The smallest absolute Gasteiger partial charge is 0.243 e. The topological polar surface area (TPSA) is 54.5 Å². The summed E-state index contributed by atoms with van der Waals surface area (Å²) in [6.45, 7) is 0.691. The van der Waals surface area contributed by atoms with Crippen molar-refractivity contribution in [1.29, 1.82) is 0 Å². The highest BCUT2D eigenvalue weighted by atomic mass is 35.5. The van der Waals surface area contributed by atoms with Gasteiger partial charge in [-0.1, -0.05) is 41.9 Å². The Bertz CT molecular complexity index is 828. The second kappa shape index (κ2) is 7.05. The summed E-state index contributed by atoms with van der Waals surface area (Å²) in [6, 6.07) is 15.4. The number of hydrogen-bond acceptors (Lipinski definition) is 3. The van der Waals surface area contributed by atoms with E-state index in [1.54, 1.807) is 54.6 Å². The molecule has 6 heteroatoms. The minimum Gasteiger partial charge on any atom is -0.294 e. The Morgan fingerprint density at radius 2 is 1.54 bits per heavy atom. The third-order valence-electron chi connectivity index (χ3n) is 4.35. The van der Waals surface area contributed by atoms with Crippen molar-refractivity contribution in [3.05, 3.63) is 65.2 Å². The van der Waals surface area contributed by atoms with Crippen molar-refractivity contribution >= 4 is 27.4 Å². The zero-order valence-electron chi connectivity index (χ0n) is 13.1. The van der Waals surface area contributed by atoms with Gasteiger partial charge < -0.3 is 0 Å². The highest BCUT2D eigenvalue weighted by Gasteiger charge is 2.32. The molecule has 4 nitrogen and oxygen atoms in total. The lowest BCUT2D eigenvalue weighted by atomic mass is 9.89. The summed E-state index contributed by atoms with van der Waals surface area (Å²) in [5.41, 5.74) is 0.517. The van der Waals surface area contributed by atoms with E-state index in [0.717, 1.165) is 0 Å². The number of carbonyl (C=O) groups is 1. The molecule has 0 amide bonds. The number of piperidine rings is 1. The molecule has 0 unspecified atom stereocenters. The maximum absolute atomic E-state index is 12.6. The molecule has 3 rings (SSSR count). The van der Waals surface area contributed by atoms with Crippen molar-refractivity contribution in [2.24, 2.45) is 5.92 Å². The Hall–Kier alpha value is -1.69. The second-order valence-corrected chi connectivity index (χ2v) is 8.18.